The molecule has 1 aromatic rings. The zero-order chi connectivity index (χ0) is 11.5. The van der Waals surface area contributed by atoms with Crippen LogP contribution in [0, 0.1) is 0 Å². The van der Waals surface area contributed by atoms with Gasteiger partial charge in [0.15, 0.2) is 0 Å². The van der Waals surface area contributed by atoms with Gasteiger partial charge in [0.2, 0.25) is 0 Å². The summed E-state index contributed by atoms with van der Waals surface area (Å²) in [6.45, 7) is 7.24. The first-order valence-electron chi connectivity index (χ1n) is 6.18. The molecule has 2 rings (SSSR count). The molecule has 2 heterocycles. The van der Waals surface area contributed by atoms with E-state index in [1.54, 1.807) is 0 Å². The van der Waals surface area contributed by atoms with Crippen LogP contribution in [0.15, 0.2) is 12.4 Å². The van der Waals surface area contributed by atoms with Crippen LogP contribution >= 0.6 is 0 Å². The lowest BCUT2D eigenvalue weighted by Crippen LogP contribution is -2.34. The Bertz CT molecular complexity index is 332. The maximum Gasteiger partial charge on any atom is 0.0534 e. The summed E-state index contributed by atoms with van der Waals surface area (Å²) in [4.78, 5) is 2.47. The molecule has 1 atom stereocenters. The topological polar surface area (TPSA) is 47.1 Å². The predicted molar refractivity (Wildman–Crippen MR) is 65.1 cm³/mol. The highest BCUT2D eigenvalue weighted by Gasteiger charge is 2.23. The van der Waals surface area contributed by atoms with Gasteiger partial charge >= 0.3 is 0 Å². The summed E-state index contributed by atoms with van der Waals surface area (Å²) < 4.78 is 2.02. The van der Waals surface area contributed by atoms with E-state index in [-0.39, 0.29) is 0 Å². The van der Waals surface area contributed by atoms with Crippen molar-refractivity contribution in [2.24, 2.45) is 5.73 Å². The van der Waals surface area contributed by atoms with Gasteiger partial charge in [0.25, 0.3) is 0 Å². The summed E-state index contributed by atoms with van der Waals surface area (Å²) in [6.07, 6.45) is 6.65. The van der Waals surface area contributed by atoms with Crippen molar-refractivity contribution in [2.75, 3.05) is 13.1 Å². The van der Waals surface area contributed by atoms with E-state index in [9.17, 15) is 0 Å². The fourth-order valence-corrected chi connectivity index (χ4v) is 2.35. The first-order valence-corrected chi connectivity index (χ1v) is 6.18. The lowest BCUT2D eigenvalue weighted by molar-refractivity contribution is 0.250. The minimum absolute atomic E-state index is 0.442. The molecule has 90 valence electrons. The summed E-state index contributed by atoms with van der Waals surface area (Å²) in [6, 6.07) is 1.01. The van der Waals surface area contributed by atoms with Crippen LogP contribution in [0.2, 0.25) is 0 Å². The maximum absolute atomic E-state index is 5.77. The molecule has 0 aliphatic carbocycles. The first kappa shape index (κ1) is 11.6. The minimum Gasteiger partial charge on any atom is -0.329 e. The van der Waals surface area contributed by atoms with E-state index in [4.69, 9.17) is 5.73 Å². The Morgan fingerprint density at radius 2 is 2.38 bits per heavy atom. The highest BCUT2D eigenvalue weighted by Crippen LogP contribution is 2.19. The molecule has 0 bridgehead atoms. The summed E-state index contributed by atoms with van der Waals surface area (Å²) in [5.41, 5.74) is 7.07. The molecule has 0 saturated carbocycles. The number of rotatable bonds is 4. The lowest BCUT2D eigenvalue weighted by atomic mass is 10.2. The highest BCUT2D eigenvalue weighted by atomic mass is 15.3. The smallest absolute Gasteiger partial charge is 0.0534 e. The minimum atomic E-state index is 0.442. The van der Waals surface area contributed by atoms with Gasteiger partial charge in [0, 0.05) is 36.9 Å². The molecule has 1 aliphatic rings. The van der Waals surface area contributed by atoms with Crippen molar-refractivity contribution in [2.45, 2.75) is 45.3 Å². The molecule has 1 fully saturated rings. The Morgan fingerprint density at radius 1 is 1.56 bits per heavy atom. The maximum atomic E-state index is 5.77. The third-order valence-electron chi connectivity index (χ3n) is 3.34. The fourth-order valence-electron chi connectivity index (χ4n) is 2.35. The van der Waals surface area contributed by atoms with Crippen LogP contribution in [-0.2, 0) is 6.54 Å². The van der Waals surface area contributed by atoms with E-state index in [1.165, 1.54) is 24.9 Å². The summed E-state index contributed by atoms with van der Waals surface area (Å²) in [5.74, 6) is 0. The molecule has 1 saturated heterocycles. The average Bonchev–Trinajstić information content (AvgIpc) is 2.87. The van der Waals surface area contributed by atoms with Crippen molar-refractivity contribution in [3.8, 4) is 0 Å². The van der Waals surface area contributed by atoms with Crippen LogP contribution < -0.4 is 5.73 Å². The molecular weight excluding hydrogens is 200 g/mol. The Balaban J connectivity index is 1.97. The van der Waals surface area contributed by atoms with Gasteiger partial charge in [-0.2, -0.15) is 5.10 Å². The number of hydrogen-bond acceptors (Lipinski definition) is 3. The second-order valence-corrected chi connectivity index (χ2v) is 4.92. The van der Waals surface area contributed by atoms with Crippen LogP contribution in [0.25, 0.3) is 0 Å². The zero-order valence-corrected chi connectivity index (χ0v) is 10.3. The zero-order valence-electron chi connectivity index (χ0n) is 10.3. The largest absolute Gasteiger partial charge is 0.329 e. The van der Waals surface area contributed by atoms with Crippen LogP contribution in [0.3, 0.4) is 0 Å². The van der Waals surface area contributed by atoms with Gasteiger partial charge in [-0.05, 0) is 33.2 Å². The second-order valence-electron chi connectivity index (χ2n) is 4.92. The monoisotopic (exact) mass is 222 g/mol. The van der Waals surface area contributed by atoms with E-state index in [0.717, 1.165) is 13.1 Å². The van der Waals surface area contributed by atoms with Crippen LogP contribution in [0.4, 0.5) is 0 Å². The van der Waals surface area contributed by atoms with Crippen molar-refractivity contribution in [1.29, 1.82) is 0 Å². The summed E-state index contributed by atoms with van der Waals surface area (Å²) in [7, 11) is 0. The van der Waals surface area contributed by atoms with E-state index in [0.29, 0.717) is 12.1 Å². The Hall–Kier alpha value is -0.870. The average molecular weight is 222 g/mol. The highest BCUT2D eigenvalue weighted by molar-refractivity contribution is 5.05. The Kier molecular flexibility index (Phi) is 3.61. The van der Waals surface area contributed by atoms with Crippen molar-refractivity contribution < 1.29 is 0 Å². The molecule has 0 radical (unpaired) electrons. The van der Waals surface area contributed by atoms with Crippen LogP contribution in [0.1, 0.15) is 38.3 Å². The molecule has 0 aromatic carbocycles. The molecule has 1 unspecified atom stereocenters. The second kappa shape index (κ2) is 4.97. The first-order chi connectivity index (χ1) is 7.70. The molecule has 4 nitrogen and oxygen atoms in total. The van der Waals surface area contributed by atoms with Gasteiger partial charge in [-0.1, -0.05) is 0 Å². The van der Waals surface area contributed by atoms with Gasteiger partial charge in [0.05, 0.1) is 6.20 Å². The predicted octanol–water partition coefficient (Wildman–Crippen LogP) is 1.39. The SMILES string of the molecule is CC(C)n1cc(CN2CCCC2CN)cn1. The van der Waals surface area contributed by atoms with Gasteiger partial charge < -0.3 is 5.73 Å². The number of likely N-dealkylation sites (tertiary alicyclic amines) is 1. The van der Waals surface area contributed by atoms with Gasteiger partial charge in [-0.25, -0.2) is 0 Å². The molecule has 4 heteroatoms. The van der Waals surface area contributed by atoms with E-state index < -0.39 is 0 Å². The molecular formula is C12H22N4. The van der Waals surface area contributed by atoms with Gasteiger partial charge in [0.1, 0.15) is 0 Å². The van der Waals surface area contributed by atoms with Gasteiger partial charge in [-0.15, -0.1) is 0 Å². The number of nitrogens with zero attached hydrogens (tertiary/aromatic N) is 3. The lowest BCUT2D eigenvalue weighted by Gasteiger charge is -2.22. The van der Waals surface area contributed by atoms with Crippen molar-refractivity contribution >= 4 is 0 Å². The van der Waals surface area contributed by atoms with Crippen molar-refractivity contribution in [1.82, 2.24) is 14.7 Å². The normalized spacial score (nSPS) is 22.1. The summed E-state index contributed by atoms with van der Waals surface area (Å²) >= 11 is 0. The molecule has 1 aliphatic heterocycles. The van der Waals surface area contributed by atoms with E-state index in [2.05, 4.69) is 30.0 Å². The number of aromatic nitrogens is 2. The number of nitrogens with two attached hydrogens (primary N) is 1. The van der Waals surface area contributed by atoms with Gasteiger partial charge in [-0.3, -0.25) is 9.58 Å². The Morgan fingerprint density at radius 3 is 3.00 bits per heavy atom. The van der Waals surface area contributed by atoms with Crippen molar-refractivity contribution in [3.05, 3.63) is 18.0 Å². The Labute approximate surface area is 97.4 Å². The quantitative estimate of drug-likeness (QED) is 0.837. The van der Waals surface area contributed by atoms with E-state index in [1.807, 2.05) is 10.9 Å². The summed E-state index contributed by atoms with van der Waals surface area (Å²) in [5, 5.41) is 4.37. The molecule has 2 N–H and O–H groups in total. The van der Waals surface area contributed by atoms with Crippen molar-refractivity contribution in [3.63, 3.8) is 0 Å². The third kappa shape index (κ3) is 2.44. The third-order valence-corrected chi connectivity index (χ3v) is 3.34. The number of hydrogen-bond donors (Lipinski definition) is 1. The fraction of sp³-hybridized carbons (Fsp3) is 0.750. The van der Waals surface area contributed by atoms with Crippen LogP contribution in [0.5, 0.6) is 0 Å². The van der Waals surface area contributed by atoms with E-state index >= 15 is 0 Å². The molecule has 0 spiro atoms. The molecule has 0 amide bonds. The molecule has 16 heavy (non-hydrogen) atoms. The molecule has 1 aromatic heterocycles. The standard InChI is InChI=1S/C12H22N4/c1-10(2)16-9-11(7-14-16)8-15-5-3-4-12(15)6-13/h7,9-10,12H,3-6,8,13H2,1-2H3. The van der Waals surface area contributed by atoms with Crippen LogP contribution in [-0.4, -0.2) is 33.8 Å².